The molecule has 3 nitrogen and oxygen atoms in total. The highest BCUT2D eigenvalue weighted by atomic mass is 15.3. The molecule has 2 aliphatic rings. The summed E-state index contributed by atoms with van der Waals surface area (Å²) in [6.45, 7) is 15.4. The highest BCUT2D eigenvalue weighted by Crippen LogP contribution is 2.23. The average Bonchev–Trinajstić information content (AvgIpc) is 2.62. The fourth-order valence-electron chi connectivity index (χ4n) is 4.38. The lowest BCUT2D eigenvalue weighted by molar-refractivity contribution is 0.106. The van der Waals surface area contributed by atoms with Crippen LogP contribution in [-0.4, -0.2) is 67.1 Å². The van der Waals surface area contributed by atoms with Crippen LogP contribution in [0.25, 0.3) is 0 Å². The topological polar surface area (TPSA) is 9.72 Å². The molecule has 2 fully saturated rings. The van der Waals surface area contributed by atoms with Crippen molar-refractivity contribution in [1.82, 2.24) is 14.7 Å². The van der Waals surface area contributed by atoms with Gasteiger partial charge in [-0.3, -0.25) is 4.90 Å². The second kappa shape index (κ2) is 8.86. The standard InChI is InChI=1S/C23H39N3/c1-23(2,3)21-10-8-20(9-11-21)19-26-17-15-25(16-18-26)14-12-22-7-5-6-13-24(22)4/h8-11,22H,5-7,12-19H2,1-4H3. The van der Waals surface area contributed by atoms with Gasteiger partial charge < -0.3 is 9.80 Å². The first kappa shape index (κ1) is 19.9. The van der Waals surface area contributed by atoms with Crippen LogP contribution < -0.4 is 0 Å². The van der Waals surface area contributed by atoms with Crippen LogP contribution in [0.15, 0.2) is 24.3 Å². The largest absolute Gasteiger partial charge is 0.303 e. The molecule has 3 rings (SSSR count). The Morgan fingerprint density at radius 3 is 2.15 bits per heavy atom. The Balaban J connectivity index is 1.39. The summed E-state index contributed by atoms with van der Waals surface area (Å²) in [6, 6.07) is 10.1. The molecule has 2 heterocycles. The van der Waals surface area contributed by atoms with Crippen molar-refractivity contribution in [2.75, 3.05) is 46.3 Å². The molecule has 0 N–H and O–H groups in total. The van der Waals surface area contributed by atoms with E-state index in [1.54, 1.807) is 0 Å². The summed E-state index contributed by atoms with van der Waals surface area (Å²) in [5.74, 6) is 0. The molecule has 2 saturated heterocycles. The summed E-state index contributed by atoms with van der Waals surface area (Å²) in [7, 11) is 2.31. The molecule has 146 valence electrons. The lowest BCUT2D eigenvalue weighted by Crippen LogP contribution is -2.47. The van der Waals surface area contributed by atoms with Crippen LogP contribution in [0.3, 0.4) is 0 Å². The quantitative estimate of drug-likeness (QED) is 0.789. The molecule has 26 heavy (non-hydrogen) atoms. The Morgan fingerprint density at radius 2 is 1.54 bits per heavy atom. The second-order valence-electron chi connectivity index (χ2n) is 9.48. The summed E-state index contributed by atoms with van der Waals surface area (Å²) in [5, 5.41) is 0. The van der Waals surface area contributed by atoms with Crippen molar-refractivity contribution in [3.8, 4) is 0 Å². The molecule has 2 aliphatic heterocycles. The zero-order valence-corrected chi connectivity index (χ0v) is 17.5. The molecular formula is C23H39N3. The number of piperazine rings is 1. The first-order valence-corrected chi connectivity index (χ1v) is 10.7. The molecule has 3 heteroatoms. The maximum atomic E-state index is 2.68. The average molecular weight is 358 g/mol. The molecule has 1 aromatic rings. The number of hydrogen-bond donors (Lipinski definition) is 0. The van der Waals surface area contributed by atoms with Crippen LogP contribution in [0.2, 0.25) is 0 Å². The van der Waals surface area contributed by atoms with Crippen molar-refractivity contribution in [3.05, 3.63) is 35.4 Å². The molecule has 1 unspecified atom stereocenters. The Bertz CT molecular complexity index is 538. The monoisotopic (exact) mass is 357 g/mol. The van der Waals surface area contributed by atoms with Crippen LogP contribution in [0.5, 0.6) is 0 Å². The number of rotatable bonds is 5. The van der Waals surface area contributed by atoms with Crippen LogP contribution in [0.1, 0.15) is 57.6 Å². The first-order valence-electron chi connectivity index (χ1n) is 10.7. The number of piperidine rings is 1. The zero-order chi connectivity index (χ0) is 18.6. The van der Waals surface area contributed by atoms with Gasteiger partial charge in [-0.25, -0.2) is 0 Å². The maximum absolute atomic E-state index is 2.68. The van der Waals surface area contributed by atoms with E-state index in [2.05, 4.69) is 66.8 Å². The van der Waals surface area contributed by atoms with Gasteiger partial charge in [0.05, 0.1) is 0 Å². The third kappa shape index (κ3) is 5.55. The molecule has 1 atom stereocenters. The van der Waals surface area contributed by atoms with E-state index in [1.165, 1.54) is 76.1 Å². The molecule has 0 bridgehead atoms. The van der Waals surface area contributed by atoms with Crippen LogP contribution in [0, 0.1) is 0 Å². The lowest BCUT2D eigenvalue weighted by atomic mass is 9.87. The van der Waals surface area contributed by atoms with Gasteiger partial charge in [0.25, 0.3) is 0 Å². The van der Waals surface area contributed by atoms with Gasteiger partial charge >= 0.3 is 0 Å². The number of hydrogen-bond acceptors (Lipinski definition) is 3. The summed E-state index contributed by atoms with van der Waals surface area (Å²) in [5.41, 5.74) is 3.13. The second-order valence-corrected chi connectivity index (χ2v) is 9.48. The number of nitrogens with zero attached hydrogens (tertiary/aromatic N) is 3. The predicted molar refractivity (Wildman–Crippen MR) is 112 cm³/mol. The molecule has 0 amide bonds. The van der Waals surface area contributed by atoms with Gasteiger partial charge in [0, 0.05) is 38.8 Å². The van der Waals surface area contributed by atoms with Gasteiger partial charge in [0.15, 0.2) is 0 Å². The summed E-state index contributed by atoms with van der Waals surface area (Å²) in [6.07, 6.45) is 5.57. The predicted octanol–water partition coefficient (Wildman–Crippen LogP) is 3.98. The van der Waals surface area contributed by atoms with Gasteiger partial charge in [-0.1, -0.05) is 51.5 Å². The summed E-state index contributed by atoms with van der Waals surface area (Å²) in [4.78, 5) is 7.89. The number of benzene rings is 1. The van der Waals surface area contributed by atoms with Crippen molar-refractivity contribution >= 4 is 0 Å². The van der Waals surface area contributed by atoms with Crippen molar-refractivity contribution < 1.29 is 0 Å². The van der Waals surface area contributed by atoms with Crippen molar-refractivity contribution in [3.63, 3.8) is 0 Å². The van der Waals surface area contributed by atoms with E-state index < -0.39 is 0 Å². The van der Waals surface area contributed by atoms with E-state index in [-0.39, 0.29) is 5.41 Å². The van der Waals surface area contributed by atoms with Crippen molar-refractivity contribution in [1.29, 1.82) is 0 Å². The van der Waals surface area contributed by atoms with E-state index in [1.807, 2.05) is 0 Å². The molecule has 0 aromatic heterocycles. The lowest BCUT2D eigenvalue weighted by Gasteiger charge is -2.37. The SMILES string of the molecule is CN1CCCCC1CCN1CCN(Cc2ccc(C(C)(C)C)cc2)CC1. The van der Waals surface area contributed by atoms with Gasteiger partial charge in [0.2, 0.25) is 0 Å². The minimum Gasteiger partial charge on any atom is -0.303 e. The molecule has 1 aromatic carbocycles. The fraction of sp³-hybridized carbons (Fsp3) is 0.739. The third-order valence-corrected chi connectivity index (χ3v) is 6.39. The minimum atomic E-state index is 0.247. The molecule has 0 spiro atoms. The van der Waals surface area contributed by atoms with E-state index in [0.717, 1.165) is 12.6 Å². The third-order valence-electron chi connectivity index (χ3n) is 6.39. The highest BCUT2D eigenvalue weighted by Gasteiger charge is 2.22. The van der Waals surface area contributed by atoms with Gasteiger partial charge in [0.1, 0.15) is 0 Å². The van der Waals surface area contributed by atoms with Gasteiger partial charge in [-0.2, -0.15) is 0 Å². The molecular weight excluding hydrogens is 318 g/mol. The smallest absolute Gasteiger partial charge is 0.0234 e. The molecule has 0 saturated carbocycles. The Labute approximate surface area is 161 Å². The van der Waals surface area contributed by atoms with E-state index in [9.17, 15) is 0 Å². The normalized spacial score (nSPS) is 24.1. The van der Waals surface area contributed by atoms with Gasteiger partial charge in [-0.05, 0) is 55.9 Å². The van der Waals surface area contributed by atoms with Crippen molar-refractivity contribution in [2.45, 2.75) is 64.5 Å². The van der Waals surface area contributed by atoms with E-state index in [4.69, 9.17) is 0 Å². The fourth-order valence-corrected chi connectivity index (χ4v) is 4.38. The summed E-state index contributed by atoms with van der Waals surface area (Å²) < 4.78 is 0. The van der Waals surface area contributed by atoms with Crippen LogP contribution in [-0.2, 0) is 12.0 Å². The first-order chi connectivity index (χ1) is 12.4. The Hall–Kier alpha value is -0.900. The zero-order valence-electron chi connectivity index (χ0n) is 17.5. The van der Waals surface area contributed by atoms with Gasteiger partial charge in [-0.15, -0.1) is 0 Å². The minimum absolute atomic E-state index is 0.247. The Kier molecular flexibility index (Phi) is 6.76. The molecule has 0 radical (unpaired) electrons. The maximum Gasteiger partial charge on any atom is 0.0234 e. The van der Waals surface area contributed by atoms with E-state index >= 15 is 0 Å². The summed E-state index contributed by atoms with van der Waals surface area (Å²) >= 11 is 0. The van der Waals surface area contributed by atoms with Crippen LogP contribution >= 0.6 is 0 Å². The van der Waals surface area contributed by atoms with Crippen molar-refractivity contribution in [2.24, 2.45) is 0 Å². The van der Waals surface area contributed by atoms with E-state index in [0.29, 0.717) is 0 Å². The number of likely N-dealkylation sites (tertiary alicyclic amines) is 1. The molecule has 0 aliphatic carbocycles. The Morgan fingerprint density at radius 1 is 0.885 bits per heavy atom. The van der Waals surface area contributed by atoms with Crippen LogP contribution in [0.4, 0.5) is 0 Å². The highest BCUT2D eigenvalue weighted by molar-refractivity contribution is 5.27.